The van der Waals surface area contributed by atoms with Crippen molar-refractivity contribution in [1.29, 1.82) is 0 Å². The van der Waals surface area contributed by atoms with Crippen molar-refractivity contribution >= 4 is 17.3 Å². The van der Waals surface area contributed by atoms with Crippen LogP contribution in [0.15, 0.2) is 18.2 Å². The van der Waals surface area contributed by atoms with Gasteiger partial charge in [0.25, 0.3) is 0 Å². The first kappa shape index (κ1) is 14.7. The number of hydrogen-bond donors (Lipinski definition) is 1. The van der Waals surface area contributed by atoms with Crippen LogP contribution in [0.5, 0.6) is 0 Å². The Balaban J connectivity index is 2.30. The molecule has 1 heterocycles. The summed E-state index contributed by atoms with van der Waals surface area (Å²) in [5.74, 6) is 0.545. The lowest BCUT2D eigenvalue weighted by molar-refractivity contribution is 0.0163. The minimum atomic E-state index is -0.150. The number of nitrogens with two attached hydrogens (primary N) is 1. The molecule has 0 spiro atoms. The SMILES string of the molecule is COCC(Cn1nnnc1-c1cccc(Cl)c1N)OC. The Bertz CT molecular complexity index is 575. The van der Waals surface area contributed by atoms with Crippen LogP contribution in [0.3, 0.4) is 0 Å². The Labute approximate surface area is 121 Å². The van der Waals surface area contributed by atoms with E-state index < -0.39 is 0 Å². The molecule has 2 rings (SSSR count). The molecule has 0 amide bonds. The van der Waals surface area contributed by atoms with Crippen LogP contribution in [0, 0.1) is 0 Å². The Morgan fingerprint density at radius 1 is 1.40 bits per heavy atom. The number of halogens is 1. The maximum Gasteiger partial charge on any atom is 0.184 e. The third-order valence-corrected chi connectivity index (χ3v) is 3.22. The van der Waals surface area contributed by atoms with Crippen molar-refractivity contribution in [1.82, 2.24) is 20.2 Å². The van der Waals surface area contributed by atoms with E-state index in [2.05, 4.69) is 15.5 Å². The van der Waals surface area contributed by atoms with Crippen molar-refractivity contribution in [3.05, 3.63) is 23.2 Å². The number of benzene rings is 1. The topological polar surface area (TPSA) is 88.1 Å². The molecule has 1 atom stereocenters. The van der Waals surface area contributed by atoms with Crippen molar-refractivity contribution in [3.8, 4) is 11.4 Å². The zero-order valence-electron chi connectivity index (χ0n) is 11.3. The maximum atomic E-state index is 6.02. The van der Waals surface area contributed by atoms with Gasteiger partial charge in [-0.15, -0.1) is 5.10 Å². The van der Waals surface area contributed by atoms with Gasteiger partial charge in [0, 0.05) is 19.8 Å². The molecule has 0 aliphatic heterocycles. The minimum absolute atomic E-state index is 0.150. The molecule has 1 unspecified atom stereocenters. The van der Waals surface area contributed by atoms with Crippen molar-refractivity contribution in [2.45, 2.75) is 12.6 Å². The fourth-order valence-electron chi connectivity index (χ4n) is 1.83. The molecule has 2 N–H and O–H groups in total. The van der Waals surface area contributed by atoms with Gasteiger partial charge in [-0.2, -0.15) is 0 Å². The lowest BCUT2D eigenvalue weighted by Gasteiger charge is -2.15. The molecule has 108 valence electrons. The van der Waals surface area contributed by atoms with Crippen LogP contribution < -0.4 is 5.73 Å². The minimum Gasteiger partial charge on any atom is -0.397 e. The molecule has 0 bridgehead atoms. The highest BCUT2D eigenvalue weighted by Gasteiger charge is 2.17. The normalized spacial score (nSPS) is 12.6. The summed E-state index contributed by atoms with van der Waals surface area (Å²) in [7, 11) is 3.23. The molecular weight excluding hydrogens is 282 g/mol. The predicted molar refractivity (Wildman–Crippen MR) is 75.3 cm³/mol. The first-order chi connectivity index (χ1) is 9.67. The fraction of sp³-hybridized carbons (Fsp3) is 0.417. The standard InChI is InChI=1S/C12H16ClN5O2/c1-19-7-8(20-2)6-18-12(15-16-17-18)9-4-3-5-10(13)11(9)14/h3-5,8H,6-7,14H2,1-2H3. The highest BCUT2D eigenvalue weighted by Crippen LogP contribution is 2.29. The second-order valence-electron chi connectivity index (χ2n) is 4.20. The van der Waals surface area contributed by atoms with Gasteiger partial charge in [-0.3, -0.25) is 0 Å². The molecule has 20 heavy (non-hydrogen) atoms. The second kappa shape index (κ2) is 6.65. The number of para-hydroxylation sites is 1. The molecule has 0 saturated carbocycles. The van der Waals surface area contributed by atoms with E-state index in [4.69, 9.17) is 26.8 Å². The molecule has 0 fully saturated rings. The summed E-state index contributed by atoms with van der Waals surface area (Å²) in [6, 6.07) is 5.34. The van der Waals surface area contributed by atoms with Crippen LogP contribution in [0.1, 0.15) is 0 Å². The number of nitrogen functional groups attached to an aromatic ring is 1. The van der Waals surface area contributed by atoms with Gasteiger partial charge < -0.3 is 15.2 Å². The molecule has 0 saturated heterocycles. The summed E-state index contributed by atoms with van der Waals surface area (Å²) in [6.07, 6.45) is -0.150. The maximum absolute atomic E-state index is 6.02. The van der Waals surface area contributed by atoms with Crippen LogP contribution in [0.25, 0.3) is 11.4 Å². The summed E-state index contributed by atoms with van der Waals surface area (Å²) < 4.78 is 12.0. The average molecular weight is 298 g/mol. The van der Waals surface area contributed by atoms with E-state index in [9.17, 15) is 0 Å². The molecule has 0 aliphatic rings. The number of nitrogens with zero attached hydrogens (tertiary/aromatic N) is 4. The molecule has 2 aromatic rings. The van der Waals surface area contributed by atoms with Crippen molar-refractivity contribution in [2.75, 3.05) is 26.6 Å². The van der Waals surface area contributed by atoms with Gasteiger partial charge in [-0.25, -0.2) is 4.68 Å². The molecule has 8 heteroatoms. The van der Waals surface area contributed by atoms with E-state index >= 15 is 0 Å². The third-order valence-electron chi connectivity index (χ3n) is 2.89. The van der Waals surface area contributed by atoms with Crippen LogP contribution >= 0.6 is 11.6 Å². The molecule has 0 aliphatic carbocycles. The van der Waals surface area contributed by atoms with E-state index in [1.54, 1.807) is 31.0 Å². The average Bonchev–Trinajstić information content (AvgIpc) is 2.89. The number of ether oxygens (including phenoxy) is 2. The molecular formula is C12H16ClN5O2. The van der Waals surface area contributed by atoms with Crippen molar-refractivity contribution < 1.29 is 9.47 Å². The predicted octanol–water partition coefficient (Wildman–Crippen LogP) is 1.24. The quantitative estimate of drug-likeness (QED) is 0.807. The van der Waals surface area contributed by atoms with E-state index in [0.29, 0.717) is 35.2 Å². The fourth-order valence-corrected chi connectivity index (χ4v) is 2.00. The van der Waals surface area contributed by atoms with Gasteiger partial charge in [0.05, 0.1) is 23.9 Å². The zero-order valence-corrected chi connectivity index (χ0v) is 12.0. The number of hydrogen-bond acceptors (Lipinski definition) is 6. The number of rotatable bonds is 6. The van der Waals surface area contributed by atoms with Gasteiger partial charge >= 0.3 is 0 Å². The molecule has 7 nitrogen and oxygen atoms in total. The largest absolute Gasteiger partial charge is 0.397 e. The summed E-state index contributed by atoms with van der Waals surface area (Å²) >= 11 is 6.02. The molecule has 0 radical (unpaired) electrons. The Morgan fingerprint density at radius 2 is 2.20 bits per heavy atom. The smallest absolute Gasteiger partial charge is 0.184 e. The summed E-state index contributed by atoms with van der Waals surface area (Å²) in [6.45, 7) is 0.902. The highest BCUT2D eigenvalue weighted by atomic mass is 35.5. The summed E-state index contributed by atoms with van der Waals surface area (Å²) in [5.41, 5.74) is 7.11. The van der Waals surface area contributed by atoms with Crippen molar-refractivity contribution in [2.24, 2.45) is 0 Å². The number of methoxy groups -OCH3 is 2. The summed E-state index contributed by atoms with van der Waals surface area (Å²) in [4.78, 5) is 0. The van der Waals surface area contributed by atoms with Gasteiger partial charge in [0.2, 0.25) is 0 Å². The zero-order chi connectivity index (χ0) is 14.5. The lowest BCUT2D eigenvalue weighted by atomic mass is 10.1. The van der Waals surface area contributed by atoms with Crippen LogP contribution in [0.2, 0.25) is 5.02 Å². The van der Waals surface area contributed by atoms with Gasteiger partial charge in [0.1, 0.15) is 6.10 Å². The number of tetrazole rings is 1. The van der Waals surface area contributed by atoms with Crippen LogP contribution in [-0.4, -0.2) is 47.1 Å². The Morgan fingerprint density at radius 3 is 2.90 bits per heavy atom. The number of aromatic nitrogens is 4. The van der Waals surface area contributed by atoms with E-state index in [1.165, 1.54) is 0 Å². The highest BCUT2D eigenvalue weighted by molar-refractivity contribution is 6.33. The monoisotopic (exact) mass is 297 g/mol. The first-order valence-corrected chi connectivity index (χ1v) is 6.37. The Hall–Kier alpha value is -1.70. The third kappa shape index (κ3) is 3.06. The first-order valence-electron chi connectivity index (χ1n) is 5.99. The van der Waals surface area contributed by atoms with Gasteiger partial charge in [-0.1, -0.05) is 17.7 Å². The van der Waals surface area contributed by atoms with E-state index in [1.807, 2.05) is 6.07 Å². The second-order valence-corrected chi connectivity index (χ2v) is 4.61. The van der Waals surface area contributed by atoms with E-state index in [0.717, 1.165) is 0 Å². The van der Waals surface area contributed by atoms with Crippen LogP contribution in [-0.2, 0) is 16.0 Å². The Kier molecular flexibility index (Phi) is 4.89. The summed E-state index contributed by atoms with van der Waals surface area (Å²) in [5, 5.41) is 12.1. The lowest BCUT2D eigenvalue weighted by Crippen LogP contribution is -2.25. The van der Waals surface area contributed by atoms with Gasteiger partial charge in [0.15, 0.2) is 5.82 Å². The number of anilines is 1. The molecule has 1 aromatic carbocycles. The van der Waals surface area contributed by atoms with Crippen molar-refractivity contribution in [3.63, 3.8) is 0 Å². The van der Waals surface area contributed by atoms with E-state index in [-0.39, 0.29) is 6.10 Å². The van der Waals surface area contributed by atoms with Crippen LogP contribution in [0.4, 0.5) is 5.69 Å². The van der Waals surface area contributed by atoms with Gasteiger partial charge in [-0.05, 0) is 22.6 Å². The molecule has 1 aromatic heterocycles.